The maximum Gasteiger partial charge on any atom is 0.289 e. The lowest BCUT2D eigenvalue weighted by molar-refractivity contribution is 0.0950. The lowest BCUT2D eigenvalue weighted by Crippen LogP contribution is -2.18. The van der Waals surface area contributed by atoms with Crippen molar-refractivity contribution in [2.75, 3.05) is 0 Å². The summed E-state index contributed by atoms with van der Waals surface area (Å²) in [6.45, 7) is 2.56. The molecule has 7 nitrogen and oxygen atoms in total. The third-order valence-electron chi connectivity index (χ3n) is 4.56. The first-order valence-electron chi connectivity index (χ1n) is 9.75. The number of pyridine rings is 1. The van der Waals surface area contributed by atoms with Crippen LogP contribution in [0.4, 0.5) is 0 Å². The van der Waals surface area contributed by atoms with Crippen LogP contribution in [0, 0.1) is 6.92 Å². The van der Waals surface area contributed by atoms with Gasteiger partial charge in [-0.15, -0.1) is 0 Å². The number of H-pyrrole nitrogens is 1. The summed E-state index contributed by atoms with van der Waals surface area (Å²) in [6, 6.07) is 21.1. The second-order valence-corrected chi connectivity index (χ2v) is 6.95. The van der Waals surface area contributed by atoms with Crippen molar-refractivity contribution >= 4 is 12.1 Å². The van der Waals surface area contributed by atoms with Gasteiger partial charge in [0.15, 0.2) is 0 Å². The quantitative estimate of drug-likeness (QED) is 0.353. The number of amides is 1. The van der Waals surface area contributed by atoms with Crippen LogP contribution >= 0.6 is 0 Å². The fraction of sp³-hybridized carbons (Fsp3) is 0.0833. The molecule has 1 amide bonds. The van der Waals surface area contributed by atoms with E-state index in [1.165, 1.54) is 11.8 Å². The van der Waals surface area contributed by atoms with E-state index in [2.05, 4.69) is 56.9 Å². The number of aromatic nitrogens is 3. The van der Waals surface area contributed by atoms with E-state index in [0.717, 1.165) is 22.4 Å². The average Bonchev–Trinajstić information content (AvgIpc) is 3.30. The topological polar surface area (TPSA) is 92.3 Å². The summed E-state index contributed by atoms with van der Waals surface area (Å²) in [5.74, 6) is 0.388. The Hall–Kier alpha value is -4.26. The molecule has 154 valence electrons. The normalized spacial score (nSPS) is 10.9. The summed E-state index contributed by atoms with van der Waals surface area (Å²) in [4.78, 5) is 16.2. The molecule has 2 heterocycles. The van der Waals surface area contributed by atoms with Crippen LogP contribution in [0.1, 0.15) is 27.2 Å². The van der Waals surface area contributed by atoms with Crippen molar-refractivity contribution in [2.24, 2.45) is 5.10 Å². The number of nitrogens with zero attached hydrogens (tertiary/aromatic N) is 3. The average molecular weight is 411 g/mol. The van der Waals surface area contributed by atoms with Gasteiger partial charge >= 0.3 is 0 Å². The Morgan fingerprint density at radius 3 is 2.68 bits per heavy atom. The number of hydrogen-bond acceptors (Lipinski definition) is 5. The second kappa shape index (κ2) is 9.49. The van der Waals surface area contributed by atoms with Crippen LogP contribution in [-0.2, 0) is 6.61 Å². The van der Waals surface area contributed by atoms with Gasteiger partial charge in [-0.05, 0) is 48.9 Å². The summed E-state index contributed by atoms with van der Waals surface area (Å²) in [6.07, 6.45) is 4.85. The van der Waals surface area contributed by atoms with Crippen LogP contribution in [0.15, 0.2) is 84.2 Å². The predicted octanol–water partition coefficient (Wildman–Crippen LogP) is 4.12. The van der Waals surface area contributed by atoms with Crippen molar-refractivity contribution in [3.63, 3.8) is 0 Å². The van der Waals surface area contributed by atoms with Crippen molar-refractivity contribution in [2.45, 2.75) is 13.5 Å². The van der Waals surface area contributed by atoms with E-state index in [4.69, 9.17) is 4.74 Å². The smallest absolute Gasteiger partial charge is 0.289 e. The van der Waals surface area contributed by atoms with E-state index in [-0.39, 0.29) is 5.91 Å². The summed E-state index contributed by atoms with van der Waals surface area (Å²) in [5.41, 5.74) is 7.44. The van der Waals surface area contributed by atoms with Gasteiger partial charge in [-0.1, -0.05) is 35.9 Å². The van der Waals surface area contributed by atoms with Crippen molar-refractivity contribution in [1.82, 2.24) is 20.6 Å². The number of carbonyl (C=O) groups is 1. The van der Waals surface area contributed by atoms with E-state index in [0.29, 0.717) is 18.0 Å². The number of benzene rings is 2. The van der Waals surface area contributed by atoms with E-state index in [1.54, 1.807) is 24.5 Å². The largest absolute Gasteiger partial charge is 0.489 e. The maximum absolute atomic E-state index is 12.2. The zero-order valence-electron chi connectivity index (χ0n) is 16.9. The van der Waals surface area contributed by atoms with E-state index < -0.39 is 0 Å². The number of hydrogen-bond donors (Lipinski definition) is 2. The minimum Gasteiger partial charge on any atom is -0.489 e. The van der Waals surface area contributed by atoms with Crippen LogP contribution in [0.5, 0.6) is 5.75 Å². The molecule has 0 saturated carbocycles. The number of aromatic amines is 1. The molecule has 0 spiro atoms. The second-order valence-electron chi connectivity index (χ2n) is 6.95. The predicted molar refractivity (Wildman–Crippen MR) is 119 cm³/mol. The van der Waals surface area contributed by atoms with Crippen molar-refractivity contribution in [3.8, 4) is 17.0 Å². The minimum absolute atomic E-state index is 0.318. The van der Waals surface area contributed by atoms with Gasteiger partial charge in [-0.25, -0.2) is 5.43 Å². The maximum atomic E-state index is 12.2. The SMILES string of the molecule is Cc1ccc(COc2ccc(-c3cc(C(=O)N/N=C\c4cccnc4)[nH]n3)cc2)cc1. The van der Waals surface area contributed by atoms with Gasteiger partial charge in [0.1, 0.15) is 18.1 Å². The van der Waals surface area contributed by atoms with Crippen LogP contribution in [-0.4, -0.2) is 27.3 Å². The molecule has 0 atom stereocenters. The highest BCUT2D eigenvalue weighted by Crippen LogP contribution is 2.22. The van der Waals surface area contributed by atoms with E-state index >= 15 is 0 Å². The third kappa shape index (κ3) is 5.42. The monoisotopic (exact) mass is 411 g/mol. The van der Waals surface area contributed by atoms with Gasteiger partial charge in [0.2, 0.25) is 0 Å². The fourth-order valence-corrected chi connectivity index (χ4v) is 2.84. The highest BCUT2D eigenvalue weighted by molar-refractivity contribution is 5.94. The van der Waals surface area contributed by atoms with E-state index in [1.807, 2.05) is 30.3 Å². The van der Waals surface area contributed by atoms with Crippen LogP contribution in [0.2, 0.25) is 0 Å². The Balaban J connectivity index is 1.34. The summed E-state index contributed by atoms with van der Waals surface area (Å²) in [7, 11) is 0. The van der Waals surface area contributed by atoms with E-state index in [9.17, 15) is 4.79 Å². The molecule has 2 N–H and O–H groups in total. The molecule has 31 heavy (non-hydrogen) atoms. The number of aryl methyl sites for hydroxylation is 1. The standard InChI is InChI=1S/C24H21N5O2/c1-17-4-6-18(7-5-17)16-31-21-10-8-20(9-11-21)22-13-23(28-27-22)24(30)29-26-15-19-3-2-12-25-14-19/h2-15H,16H2,1H3,(H,27,28)(H,29,30)/b26-15-. The number of rotatable bonds is 7. The molecule has 0 aliphatic carbocycles. The van der Waals surface area contributed by atoms with Crippen LogP contribution in [0.3, 0.4) is 0 Å². The molecule has 7 heteroatoms. The van der Waals surface area contributed by atoms with Gasteiger partial charge in [0.05, 0.1) is 11.9 Å². The molecule has 0 unspecified atom stereocenters. The molecule has 4 rings (SSSR count). The number of carbonyl (C=O) groups excluding carboxylic acids is 1. The highest BCUT2D eigenvalue weighted by Gasteiger charge is 2.10. The molecule has 0 saturated heterocycles. The van der Waals surface area contributed by atoms with Gasteiger partial charge in [-0.3, -0.25) is 14.9 Å². The van der Waals surface area contributed by atoms with Gasteiger partial charge in [-0.2, -0.15) is 10.2 Å². The van der Waals surface area contributed by atoms with Gasteiger partial charge in [0.25, 0.3) is 5.91 Å². The van der Waals surface area contributed by atoms with Crippen molar-refractivity contribution < 1.29 is 9.53 Å². The summed E-state index contributed by atoms with van der Waals surface area (Å²) >= 11 is 0. The lowest BCUT2D eigenvalue weighted by atomic mass is 10.1. The summed E-state index contributed by atoms with van der Waals surface area (Å²) in [5, 5.41) is 10.9. The Labute approximate surface area is 179 Å². The Bertz CT molecular complexity index is 1170. The number of nitrogens with one attached hydrogen (secondary N) is 2. The Morgan fingerprint density at radius 1 is 1.13 bits per heavy atom. The molecule has 0 radical (unpaired) electrons. The molecule has 0 aliphatic heterocycles. The first-order chi connectivity index (χ1) is 15.2. The molecule has 0 aliphatic rings. The number of ether oxygens (including phenoxy) is 1. The van der Waals surface area contributed by atoms with Crippen LogP contribution in [0.25, 0.3) is 11.3 Å². The lowest BCUT2D eigenvalue weighted by Gasteiger charge is -2.07. The molecule has 0 bridgehead atoms. The Kier molecular flexibility index (Phi) is 6.13. The molecule has 2 aromatic heterocycles. The van der Waals surface area contributed by atoms with Gasteiger partial charge in [0, 0.05) is 23.5 Å². The first-order valence-corrected chi connectivity index (χ1v) is 9.75. The highest BCUT2D eigenvalue weighted by atomic mass is 16.5. The molecule has 0 fully saturated rings. The number of hydrazone groups is 1. The molecule has 2 aromatic carbocycles. The molecule has 4 aromatic rings. The van der Waals surface area contributed by atoms with Crippen LogP contribution < -0.4 is 10.2 Å². The minimum atomic E-state index is -0.378. The Morgan fingerprint density at radius 2 is 1.94 bits per heavy atom. The third-order valence-corrected chi connectivity index (χ3v) is 4.56. The van der Waals surface area contributed by atoms with Crippen molar-refractivity contribution in [1.29, 1.82) is 0 Å². The first kappa shape index (κ1) is 20.0. The fourth-order valence-electron chi connectivity index (χ4n) is 2.84. The molecular formula is C24H21N5O2. The van der Waals surface area contributed by atoms with Gasteiger partial charge < -0.3 is 4.74 Å². The van der Waals surface area contributed by atoms with Crippen molar-refractivity contribution in [3.05, 3.63) is 102 Å². The zero-order valence-corrected chi connectivity index (χ0v) is 16.9. The summed E-state index contributed by atoms with van der Waals surface area (Å²) < 4.78 is 5.83. The molecular weight excluding hydrogens is 390 g/mol. The zero-order chi connectivity index (χ0) is 21.5.